The topological polar surface area (TPSA) is 109 Å². The van der Waals surface area contributed by atoms with Crippen molar-refractivity contribution in [3.05, 3.63) is 0 Å². The van der Waals surface area contributed by atoms with Crippen LogP contribution in [0.3, 0.4) is 0 Å². The molecule has 0 aliphatic heterocycles. The van der Waals surface area contributed by atoms with Crippen LogP contribution in [-0.4, -0.2) is 44.1 Å². The maximum atomic E-state index is 9.72. The molecule has 10 heavy (non-hydrogen) atoms. The zero-order valence-electron chi connectivity index (χ0n) is 4.16. The molecule has 0 atom stereocenters. The van der Waals surface area contributed by atoms with Crippen molar-refractivity contribution in [2.45, 2.75) is 0 Å². The Labute approximate surface area is 79.2 Å². The molecular formula is H2MoO6S2Te. The summed E-state index contributed by atoms with van der Waals surface area (Å²) < 4.78 is 54.6. The average Bonchev–Trinajstić information content (AvgIpc) is 1.14. The smallest absolute Gasteiger partial charge is 0 e. The Morgan fingerprint density at radius 2 is 1.10 bits per heavy atom. The molecule has 0 amide bonds. The fourth-order valence-corrected chi connectivity index (χ4v) is 6.56. The van der Waals surface area contributed by atoms with Crippen molar-refractivity contribution in [3.63, 3.8) is 0 Å². The second kappa shape index (κ2) is 4.35. The molecule has 0 aliphatic rings. The van der Waals surface area contributed by atoms with E-state index in [0.29, 0.717) is 0 Å². The van der Waals surface area contributed by atoms with Gasteiger partial charge in [-0.2, -0.15) is 0 Å². The third kappa shape index (κ3) is 12.0. The van der Waals surface area contributed by atoms with Crippen LogP contribution in [0.1, 0.15) is 0 Å². The molecule has 0 heterocycles. The Hall–Kier alpha value is 1.30. The van der Waals surface area contributed by atoms with Crippen molar-refractivity contribution < 1.29 is 47.0 Å². The van der Waals surface area contributed by atoms with Crippen molar-refractivity contribution in [1.82, 2.24) is 0 Å². The molecule has 2 N–H and O–H groups in total. The van der Waals surface area contributed by atoms with Crippen molar-refractivity contribution in [2.24, 2.45) is 0 Å². The second-order valence-electron chi connectivity index (χ2n) is 0.924. The summed E-state index contributed by atoms with van der Waals surface area (Å²) in [6.45, 7) is 0. The third-order valence-corrected chi connectivity index (χ3v) is 10.4. The van der Waals surface area contributed by atoms with Gasteiger partial charge in [-0.3, -0.25) is 0 Å². The Balaban J connectivity index is 0. The molecule has 0 saturated carbocycles. The van der Waals surface area contributed by atoms with E-state index in [2.05, 4.69) is 0 Å². The Bertz CT molecular complexity index is 241. The molecule has 0 aliphatic carbocycles. The monoisotopic (exact) mass is 390 g/mol. The van der Waals surface area contributed by atoms with Crippen LogP contribution in [0, 0.1) is 0 Å². The maximum absolute atomic E-state index is 9.72. The van der Waals surface area contributed by atoms with E-state index in [-0.39, 0.29) is 21.1 Å². The van der Waals surface area contributed by atoms with Gasteiger partial charge >= 0.3 is 58.8 Å². The molecule has 0 bridgehead atoms. The van der Waals surface area contributed by atoms with Gasteiger partial charge in [0, 0.05) is 21.1 Å². The zero-order chi connectivity index (χ0) is 7.71. The molecule has 0 aromatic carbocycles. The van der Waals surface area contributed by atoms with E-state index >= 15 is 0 Å². The van der Waals surface area contributed by atoms with Gasteiger partial charge in [-0.05, 0) is 0 Å². The fraction of sp³-hybridized carbons (Fsp3) is 0. The van der Waals surface area contributed by atoms with Gasteiger partial charge in [-0.15, -0.1) is 0 Å². The van der Waals surface area contributed by atoms with Crippen LogP contribution in [0.15, 0.2) is 0 Å². The minimum atomic E-state index is -4.49. The number of hydrogen-bond donors (Lipinski definition) is 2. The summed E-state index contributed by atoms with van der Waals surface area (Å²) in [5, 5.41) is 0. The van der Waals surface area contributed by atoms with E-state index < -0.39 is 32.9 Å². The van der Waals surface area contributed by atoms with Crippen molar-refractivity contribution in [3.8, 4) is 0 Å². The summed E-state index contributed by atoms with van der Waals surface area (Å²) in [5.41, 5.74) is 0. The van der Waals surface area contributed by atoms with Gasteiger partial charge in [0.25, 0.3) is 0 Å². The quantitative estimate of drug-likeness (QED) is 0.433. The third-order valence-electron chi connectivity index (χ3n) is 0.172. The molecule has 0 unspecified atom stereocenters. The normalized spacial score (nSPS) is 12.2. The van der Waals surface area contributed by atoms with E-state index in [1.54, 1.807) is 0 Å². The molecule has 0 aromatic heterocycles. The second-order valence-corrected chi connectivity index (χ2v) is 13.9. The van der Waals surface area contributed by atoms with E-state index in [9.17, 15) is 16.8 Å². The minimum absolute atomic E-state index is 0. The van der Waals surface area contributed by atoms with Crippen LogP contribution in [0.25, 0.3) is 0 Å². The molecular weight excluding hydrogens is 384 g/mol. The van der Waals surface area contributed by atoms with Crippen molar-refractivity contribution >= 4 is 32.9 Å². The van der Waals surface area contributed by atoms with Gasteiger partial charge in [-0.1, -0.05) is 0 Å². The Morgan fingerprint density at radius 3 is 1.10 bits per heavy atom. The van der Waals surface area contributed by atoms with Crippen LogP contribution in [0.5, 0.6) is 0 Å². The Kier molecular flexibility index (Phi) is 6.04. The molecule has 62 valence electrons. The summed E-state index contributed by atoms with van der Waals surface area (Å²) in [7, 11) is -8.98. The van der Waals surface area contributed by atoms with E-state index in [0.717, 1.165) is 0 Å². The number of hydrogen-bond acceptors (Lipinski definition) is 4. The molecule has 6 nitrogen and oxygen atoms in total. The molecule has 0 radical (unpaired) electrons. The summed E-state index contributed by atoms with van der Waals surface area (Å²) in [4.78, 5) is 0. The van der Waals surface area contributed by atoms with E-state index in [1.807, 2.05) is 0 Å². The standard InChI is InChI=1S/Mo.H2O6S2Te/c;1-7(2,3)9-8(4,5)6/h;(H,1,2,3)(H,4,5,6). The SMILES string of the molecule is O=S(=O)(O)[Te]S(=O)(=O)O.[Mo]. The van der Waals surface area contributed by atoms with Crippen LogP contribution in [-0.2, 0) is 35.8 Å². The van der Waals surface area contributed by atoms with Gasteiger partial charge in [0.2, 0.25) is 0 Å². The summed E-state index contributed by atoms with van der Waals surface area (Å²) in [5.74, 6) is 0. The molecule has 0 fully saturated rings. The van der Waals surface area contributed by atoms with Crippen molar-refractivity contribution in [1.29, 1.82) is 0 Å². The minimum Gasteiger partial charge on any atom is 0 e. The fourth-order valence-electron chi connectivity index (χ4n) is 0.109. The maximum Gasteiger partial charge on any atom is 0 e. The van der Waals surface area contributed by atoms with Gasteiger partial charge in [0.1, 0.15) is 0 Å². The molecule has 10 heteroatoms. The molecule has 0 aromatic rings. The molecule has 0 rings (SSSR count). The van der Waals surface area contributed by atoms with Crippen LogP contribution >= 0.6 is 0 Å². The van der Waals surface area contributed by atoms with Gasteiger partial charge < -0.3 is 0 Å². The first-order chi connectivity index (χ1) is 3.71. The average molecular weight is 386 g/mol. The summed E-state index contributed by atoms with van der Waals surface area (Å²) in [6, 6.07) is 0. The van der Waals surface area contributed by atoms with Crippen molar-refractivity contribution in [2.75, 3.05) is 0 Å². The first-order valence-corrected chi connectivity index (χ1v) is 9.80. The molecule has 0 saturated heterocycles. The predicted octanol–water partition coefficient (Wildman–Crippen LogP) is -1.71. The summed E-state index contributed by atoms with van der Waals surface area (Å²) >= 11 is -2.78. The van der Waals surface area contributed by atoms with E-state index in [4.69, 9.17) is 9.11 Å². The number of rotatable bonds is 2. The van der Waals surface area contributed by atoms with Crippen LogP contribution < -0.4 is 0 Å². The predicted molar refractivity (Wildman–Crippen MR) is 28.9 cm³/mol. The largest absolute Gasteiger partial charge is 0 e. The van der Waals surface area contributed by atoms with Gasteiger partial charge in [0.15, 0.2) is 0 Å². The first-order valence-electron chi connectivity index (χ1n) is 1.37. The zero-order valence-corrected chi connectivity index (χ0v) is 10.1. The van der Waals surface area contributed by atoms with Gasteiger partial charge in [-0.25, -0.2) is 0 Å². The van der Waals surface area contributed by atoms with Gasteiger partial charge in [0.05, 0.1) is 0 Å². The Morgan fingerprint density at radius 1 is 0.900 bits per heavy atom. The summed E-state index contributed by atoms with van der Waals surface area (Å²) in [6.07, 6.45) is 0. The first kappa shape index (κ1) is 13.9. The molecule has 0 spiro atoms. The van der Waals surface area contributed by atoms with E-state index in [1.165, 1.54) is 0 Å². The van der Waals surface area contributed by atoms with Crippen LogP contribution in [0.4, 0.5) is 0 Å². The van der Waals surface area contributed by atoms with Crippen LogP contribution in [0.2, 0.25) is 0 Å².